The summed E-state index contributed by atoms with van der Waals surface area (Å²) in [5, 5.41) is 25.2. The summed E-state index contributed by atoms with van der Waals surface area (Å²) < 4.78 is 5.77. The number of hydrogen-bond donors (Lipinski definition) is 0. The van der Waals surface area contributed by atoms with Crippen molar-refractivity contribution in [3.05, 3.63) is 104 Å². The summed E-state index contributed by atoms with van der Waals surface area (Å²) in [5.74, 6) is 2.95. The third-order valence-corrected chi connectivity index (χ3v) is 18.9. The quantitative estimate of drug-likeness (QED) is 0.0888. The largest absolute Gasteiger partial charge is 0.466 e. The monoisotopic (exact) mass is 718 g/mol. The van der Waals surface area contributed by atoms with Gasteiger partial charge in [0, 0.05) is 35.0 Å². The SMILES string of the molecule is CCCCOC(=O)CCCC1(c2ccccc2)C2c3cc4c5c6c(cc7c8c9c%10c%11c%12c%13c%14c%15c(c%16c3c5c(c%10c86)c%16c%14%11)C21CC%15C=C%13CC1CC(C7)C9C=%121)C4. The Morgan fingerprint density at radius 3 is 2.48 bits per heavy atom. The van der Waals surface area contributed by atoms with Gasteiger partial charge < -0.3 is 4.74 Å². The van der Waals surface area contributed by atoms with Crippen LogP contribution in [0, 0.1) is 11.8 Å². The number of esters is 1. The van der Waals surface area contributed by atoms with E-state index in [0.29, 0.717) is 36.7 Å². The molecule has 0 aromatic heterocycles. The van der Waals surface area contributed by atoms with Crippen molar-refractivity contribution in [1.29, 1.82) is 0 Å². The molecule has 9 aliphatic rings. The van der Waals surface area contributed by atoms with Gasteiger partial charge in [-0.05, 0) is 199 Å². The Bertz CT molecular complexity index is 3600. The predicted molar refractivity (Wildman–Crippen MR) is 225 cm³/mol. The first-order valence-electron chi connectivity index (χ1n) is 22.2. The molecule has 9 aliphatic carbocycles. The first-order chi connectivity index (χ1) is 27.7. The lowest BCUT2D eigenvalue weighted by Crippen LogP contribution is -2.26. The lowest BCUT2D eigenvalue weighted by Gasteiger charge is -2.32. The molecule has 9 aromatic rings. The molecule has 0 saturated heterocycles. The molecule has 7 unspecified atom stereocenters. The highest BCUT2D eigenvalue weighted by Crippen LogP contribution is 2.87. The highest BCUT2D eigenvalue weighted by Gasteiger charge is 2.81. The van der Waals surface area contributed by atoms with Gasteiger partial charge in [-0.15, -0.1) is 0 Å². The van der Waals surface area contributed by atoms with Gasteiger partial charge in [0.25, 0.3) is 0 Å². The Morgan fingerprint density at radius 1 is 0.786 bits per heavy atom. The summed E-state index contributed by atoms with van der Waals surface area (Å²) in [7, 11) is 0. The molecule has 0 N–H and O–H groups in total. The van der Waals surface area contributed by atoms with E-state index in [0.717, 1.165) is 38.0 Å². The van der Waals surface area contributed by atoms with E-state index in [2.05, 4.69) is 55.5 Å². The first kappa shape index (κ1) is 27.6. The van der Waals surface area contributed by atoms with Crippen LogP contribution in [0.2, 0.25) is 0 Å². The molecule has 0 bridgehead atoms. The molecule has 18 rings (SSSR count). The minimum Gasteiger partial charge on any atom is -0.466 e. The summed E-state index contributed by atoms with van der Waals surface area (Å²) in [5.41, 5.74) is 18.6. The van der Waals surface area contributed by atoms with Crippen molar-refractivity contribution in [2.45, 2.75) is 99.7 Å². The summed E-state index contributed by atoms with van der Waals surface area (Å²) in [6, 6.07) is 17.2. The van der Waals surface area contributed by atoms with E-state index in [1.165, 1.54) is 31.2 Å². The Hall–Kier alpha value is -4.95. The minimum absolute atomic E-state index is 0.0109. The summed E-state index contributed by atoms with van der Waals surface area (Å²) in [4.78, 5) is 13.2. The number of ether oxygens (including phenoxy) is 1. The Morgan fingerprint density at radius 2 is 1.59 bits per heavy atom. The molecule has 2 saturated carbocycles. The third-order valence-electron chi connectivity index (χ3n) is 18.9. The number of fused-ring (bicyclic) bond motifs is 1. The van der Waals surface area contributed by atoms with Crippen LogP contribution >= 0.6 is 0 Å². The zero-order chi connectivity index (χ0) is 35.6. The van der Waals surface area contributed by atoms with E-state index < -0.39 is 0 Å². The van der Waals surface area contributed by atoms with Gasteiger partial charge in [0.2, 0.25) is 0 Å². The molecule has 9 aromatic carbocycles. The second-order valence-corrected chi connectivity index (χ2v) is 20.4. The lowest BCUT2D eigenvalue weighted by atomic mass is 9.71. The van der Waals surface area contributed by atoms with Gasteiger partial charge in [-0.1, -0.05) is 67.5 Å². The summed E-state index contributed by atoms with van der Waals surface area (Å²) in [6.45, 7) is 2.71. The molecule has 0 amide bonds. The summed E-state index contributed by atoms with van der Waals surface area (Å²) in [6.07, 6.45) is 13.5. The lowest BCUT2D eigenvalue weighted by molar-refractivity contribution is -0.143. The predicted octanol–water partition coefficient (Wildman–Crippen LogP) is 11.7. The van der Waals surface area contributed by atoms with Crippen molar-refractivity contribution in [1.82, 2.24) is 0 Å². The number of unbranched alkanes of at least 4 members (excludes halogenated alkanes) is 1. The first-order valence-corrected chi connectivity index (χ1v) is 22.2. The number of allylic oxidation sites excluding steroid dienone is 2. The molecule has 7 atom stereocenters. The minimum atomic E-state index is -0.0449. The van der Waals surface area contributed by atoms with Crippen LogP contribution in [0.25, 0.3) is 86.6 Å². The Balaban J connectivity index is 1.05. The maximum atomic E-state index is 13.2. The van der Waals surface area contributed by atoms with E-state index in [4.69, 9.17) is 4.74 Å². The molecule has 0 aliphatic heterocycles. The second-order valence-electron chi connectivity index (χ2n) is 20.4. The van der Waals surface area contributed by atoms with Gasteiger partial charge in [-0.25, -0.2) is 0 Å². The van der Waals surface area contributed by atoms with Crippen LogP contribution in [-0.4, -0.2) is 12.6 Å². The number of benzene rings is 6. The maximum Gasteiger partial charge on any atom is 0.305 e. The van der Waals surface area contributed by atoms with E-state index in [-0.39, 0.29) is 16.8 Å². The fourth-order valence-electron chi connectivity index (χ4n) is 17.9. The zero-order valence-corrected chi connectivity index (χ0v) is 31.6. The maximum absolute atomic E-state index is 13.2. The number of carbonyl (C=O) groups excluding carboxylic acids is 1. The Kier molecular flexibility index (Phi) is 3.92. The van der Waals surface area contributed by atoms with Crippen LogP contribution in [-0.2, 0) is 33.2 Å². The van der Waals surface area contributed by atoms with E-state index >= 15 is 0 Å². The highest BCUT2D eigenvalue weighted by molar-refractivity contribution is 6.56. The molecule has 266 valence electrons. The van der Waals surface area contributed by atoms with E-state index in [1.54, 1.807) is 131 Å². The van der Waals surface area contributed by atoms with Crippen molar-refractivity contribution in [3.63, 3.8) is 0 Å². The topological polar surface area (TPSA) is 26.3 Å². The van der Waals surface area contributed by atoms with Crippen molar-refractivity contribution < 1.29 is 9.53 Å². The fourth-order valence-corrected chi connectivity index (χ4v) is 17.9. The van der Waals surface area contributed by atoms with E-state index in [9.17, 15) is 4.79 Å². The van der Waals surface area contributed by atoms with Crippen LogP contribution < -0.4 is 5.22 Å². The zero-order valence-electron chi connectivity index (χ0n) is 31.6. The molecule has 2 fully saturated rings. The average Bonchev–Trinajstić information content (AvgIpc) is 3.89. The molecule has 1 spiro atoms. The molecule has 56 heavy (non-hydrogen) atoms. The van der Waals surface area contributed by atoms with Crippen molar-refractivity contribution in [2.75, 3.05) is 6.61 Å². The van der Waals surface area contributed by atoms with Crippen LogP contribution in [0.15, 0.2) is 48.5 Å². The van der Waals surface area contributed by atoms with Crippen molar-refractivity contribution in [2.24, 2.45) is 11.8 Å². The Labute approximate surface area is 322 Å². The smallest absolute Gasteiger partial charge is 0.305 e. The average molecular weight is 719 g/mol. The van der Waals surface area contributed by atoms with Gasteiger partial charge in [-0.2, -0.15) is 0 Å². The van der Waals surface area contributed by atoms with Gasteiger partial charge in [0.15, 0.2) is 0 Å². The van der Waals surface area contributed by atoms with Crippen LogP contribution in [0.1, 0.15) is 126 Å². The van der Waals surface area contributed by atoms with Gasteiger partial charge in [0.05, 0.1) is 6.61 Å². The van der Waals surface area contributed by atoms with Crippen LogP contribution in [0.4, 0.5) is 0 Å². The normalized spacial score (nSPS) is 30.8. The molecule has 2 nitrogen and oxygen atoms in total. The molecule has 0 heterocycles. The van der Waals surface area contributed by atoms with Gasteiger partial charge in [-0.3, -0.25) is 4.79 Å². The van der Waals surface area contributed by atoms with Crippen LogP contribution in [0.5, 0.6) is 0 Å². The van der Waals surface area contributed by atoms with Gasteiger partial charge in [0.1, 0.15) is 0 Å². The number of rotatable bonds is 8. The molecule has 0 radical (unpaired) electrons. The molecule has 2 heteroatoms. The summed E-state index contributed by atoms with van der Waals surface area (Å²) >= 11 is 0. The second kappa shape index (κ2) is 7.95. The third kappa shape index (κ3) is 2.28. The van der Waals surface area contributed by atoms with Crippen LogP contribution in [0.3, 0.4) is 0 Å². The standard InChI is InChI=1S/C54H38O2/c1-2-3-12-56-30(55)10-7-11-53(28-8-5-4-6-9-28)52-29-19-26-17-23-15-24-14-21-13-22-16-25-18-27-20-54(52,53)51-37(27)42-36(25)41-32(22)31(21)39-35(24)40-33(23)34(26)43-38(29)50(51)49-47(42)45(41)44(39)46(40)48(43)49/h4-6,8-9,15,18-19,21-22,27,31,52H,2-3,7,10-14,16-17,20H2,1H3. The van der Waals surface area contributed by atoms with Gasteiger partial charge >= 0.3 is 5.97 Å². The molecular formula is C54H38O2. The van der Waals surface area contributed by atoms with Crippen molar-refractivity contribution in [3.8, 4) is 0 Å². The number of hydrogen-bond acceptors (Lipinski definition) is 2. The van der Waals surface area contributed by atoms with E-state index in [1.807, 2.05) is 5.57 Å². The molecular weight excluding hydrogens is 681 g/mol. The fraction of sp³-hybridized carbons (Fsp3) is 0.352. The number of carbonyl (C=O) groups is 1. The van der Waals surface area contributed by atoms with Crippen molar-refractivity contribution >= 4 is 92.5 Å². The highest BCUT2D eigenvalue weighted by atomic mass is 16.5.